The van der Waals surface area contributed by atoms with Crippen molar-refractivity contribution in [3.8, 4) is 0 Å². The summed E-state index contributed by atoms with van der Waals surface area (Å²) in [6.45, 7) is 4.74. The van der Waals surface area contributed by atoms with Crippen LogP contribution in [0.3, 0.4) is 0 Å². The Labute approximate surface area is 119 Å². The van der Waals surface area contributed by atoms with E-state index in [1.54, 1.807) is 13.3 Å². The molecule has 6 nitrogen and oxygen atoms in total. The van der Waals surface area contributed by atoms with Crippen LogP contribution < -0.4 is 5.73 Å². The highest BCUT2D eigenvalue weighted by Crippen LogP contribution is 2.25. The Balaban J connectivity index is 2.14. The highest BCUT2D eigenvalue weighted by molar-refractivity contribution is 5.96. The van der Waals surface area contributed by atoms with E-state index in [4.69, 9.17) is 15.7 Å². The molecule has 1 fully saturated rings. The molecule has 1 saturated heterocycles. The van der Waals surface area contributed by atoms with Crippen LogP contribution in [0.2, 0.25) is 0 Å². The predicted molar refractivity (Wildman–Crippen MR) is 76.7 cm³/mol. The summed E-state index contributed by atoms with van der Waals surface area (Å²) < 4.78 is 5.60. The molecule has 0 spiro atoms. The molecule has 110 valence electrons. The van der Waals surface area contributed by atoms with Gasteiger partial charge in [0.05, 0.1) is 5.60 Å². The maximum absolute atomic E-state index is 8.83. The van der Waals surface area contributed by atoms with E-state index < -0.39 is 0 Å². The van der Waals surface area contributed by atoms with Gasteiger partial charge in [-0.05, 0) is 37.9 Å². The largest absolute Gasteiger partial charge is 0.409 e. The molecule has 0 saturated carbocycles. The number of aromatic nitrogens is 1. The number of methoxy groups -OCH3 is 1. The van der Waals surface area contributed by atoms with Gasteiger partial charge in [0.1, 0.15) is 5.69 Å². The lowest BCUT2D eigenvalue weighted by molar-refractivity contribution is -0.0527. The Bertz CT molecular complexity index is 492. The van der Waals surface area contributed by atoms with Crippen molar-refractivity contribution in [2.75, 3.05) is 20.2 Å². The standard InChI is InChI=1S/C14H22N4O2/c1-14(20-2)6-4-8-18(10-14)9-11-5-3-7-16-12(11)13(15)17-19/h3,5,7,19H,4,6,8-10H2,1-2H3,(H2,15,17). The quantitative estimate of drug-likeness (QED) is 0.374. The van der Waals surface area contributed by atoms with Gasteiger partial charge in [-0.2, -0.15) is 0 Å². The minimum Gasteiger partial charge on any atom is -0.409 e. The average molecular weight is 278 g/mol. The fraction of sp³-hybridized carbons (Fsp3) is 0.571. The van der Waals surface area contributed by atoms with Gasteiger partial charge in [0.2, 0.25) is 0 Å². The molecule has 0 amide bonds. The number of pyridine rings is 1. The molecule has 0 aliphatic carbocycles. The van der Waals surface area contributed by atoms with Crippen LogP contribution in [0, 0.1) is 0 Å². The van der Waals surface area contributed by atoms with Crippen LogP contribution in [0.4, 0.5) is 0 Å². The predicted octanol–water partition coefficient (Wildman–Crippen LogP) is 1.18. The lowest BCUT2D eigenvalue weighted by Gasteiger charge is -2.39. The third kappa shape index (κ3) is 3.26. The fourth-order valence-electron chi connectivity index (χ4n) is 2.69. The lowest BCUT2D eigenvalue weighted by atomic mass is 9.94. The van der Waals surface area contributed by atoms with E-state index in [1.165, 1.54) is 0 Å². The van der Waals surface area contributed by atoms with Crippen molar-refractivity contribution >= 4 is 5.84 Å². The van der Waals surface area contributed by atoms with Crippen LogP contribution >= 0.6 is 0 Å². The number of likely N-dealkylation sites (tertiary alicyclic amines) is 1. The molecule has 1 unspecified atom stereocenters. The zero-order valence-electron chi connectivity index (χ0n) is 12.0. The van der Waals surface area contributed by atoms with E-state index in [0.29, 0.717) is 5.69 Å². The van der Waals surface area contributed by atoms with E-state index >= 15 is 0 Å². The minimum atomic E-state index is -0.1000. The summed E-state index contributed by atoms with van der Waals surface area (Å²) in [6.07, 6.45) is 3.82. The number of rotatable bonds is 4. The zero-order chi connectivity index (χ0) is 14.6. The minimum absolute atomic E-state index is 0.0483. The van der Waals surface area contributed by atoms with E-state index in [0.717, 1.165) is 38.0 Å². The van der Waals surface area contributed by atoms with Crippen molar-refractivity contribution in [3.05, 3.63) is 29.6 Å². The number of piperidine rings is 1. The van der Waals surface area contributed by atoms with Crippen molar-refractivity contribution < 1.29 is 9.94 Å². The molecule has 20 heavy (non-hydrogen) atoms. The summed E-state index contributed by atoms with van der Waals surface area (Å²) in [7, 11) is 1.76. The molecule has 1 aromatic heterocycles. The number of amidine groups is 1. The molecule has 6 heteroatoms. The van der Waals surface area contributed by atoms with Crippen molar-refractivity contribution in [3.63, 3.8) is 0 Å². The van der Waals surface area contributed by atoms with E-state index in [9.17, 15) is 0 Å². The second-order valence-electron chi connectivity index (χ2n) is 5.46. The van der Waals surface area contributed by atoms with Gasteiger partial charge < -0.3 is 15.7 Å². The first-order chi connectivity index (χ1) is 9.58. The van der Waals surface area contributed by atoms with Gasteiger partial charge in [-0.1, -0.05) is 11.2 Å². The van der Waals surface area contributed by atoms with E-state index in [2.05, 4.69) is 22.0 Å². The maximum Gasteiger partial charge on any atom is 0.189 e. The lowest BCUT2D eigenvalue weighted by Crippen LogP contribution is -2.47. The molecule has 1 atom stereocenters. The molecule has 1 aliphatic rings. The highest BCUT2D eigenvalue weighted by Gasteiger charge is 2.31. The SMILES string of the molecule is COC1(C)CCCN(Cc2cccnc2/C(N)=N/O)C1. The Morgan fingerprint density at radius 1 is 1.65 bits per heavy atom. The normalized spacial score (nSPS) is 24.8. The van der Waals surface area contributed by atoms with Crippen LogP contribution in [-0.4, -0.2) is 46.7 Å². The third-order valence-electron chi connectivity index (χ3n) is 3.87. The molecule has 2 rings (SSSR count). The smallest absolute Gasteiger partial charge is 0.189 e. The van der Waals surface area contributed by atoms with Crippen LogP contribution in [-0.2, 0) is 11.3 Å². The van der Waals surface area contributed by atoms with Gasteiger partial charge in [0.15, 0.2) is 5.84 Å². The van der Waals surface area contributed by atoms with Gasteiger partial charge >= 0.3 is 0 Å². The number of nitrogens with zero attached hydrogens (tertiary/aromatic N) is 3. The molecular weight excluding hydrogens is 256 g/mol. The number of hydrogen-bond donors (Lipinski definition) is 2. The van der Waals surface area contributed by atoms with Crippen LogP contribution in [0.15, 0.2) is 23.5 Å². The number of nitrogens with two attached hydrogens (primary N) is 1. The molecule has 3 N–H and O–H groups in total. The van der Waals surface area contributed by atoms with Crippen LogP contribution in [0.5, 0.6) is 0 Å². The van der Waals surface area contributed by atoms with Gasteiger partial charge in [0.25, 0.3) is 0 Å². The summed E-state index contributed by atoms with van der Waals surface area (Å²) in [5.74, 6) is 0.0483. The Kier molecular flexibility index (Phi) is 4.57. The Morgan fingerprint density at radius 2 is 2.45 bits per heavy atom. The molecule has 1 aliphatic heterocycles. The molecule has 0 bridgehead atoms. The van der Waals surface area contributed by atoms with Crippen molar-refractivity contribution in [1.29, 1.82) is 0 Å². The molecule has 0 radical (unpaired) electrons. The number of oxime groups is 1. The van der Waals surface area contributed by atoms with Crippen molar-refractivity contribution in [2.45, 2.75) is 31.9 Å². The molecule has 0 aromatic carbocycles. The van der Waals surface area contributed by atoms with Crippen LogP contribution in [0.1, 0.15) is 31.0 Å². The first-order valence-corrected chi connectivity index (χ1v) is 6.77. The van der Waals surface area contributed by atoms with Crippen LogP contribution in [0.25, 0.3) is 0 Å². The highest BCUT2D eigenvalue weighted by atomic mass is 16.5. The summed E-state index contributed by atoms with van der Waals surface area (Å²) >= 11 is 0. The first-order valence-electron chi connectivity index (χ1n) is 6.77. The summed E-state index contributed by atoms with van der Waals surface area (Å²) in [5, 5.41) is 11.9. The number of ether oxygens (including phenoxy) is 1. The van der Waals surface area contributed by atoms with E-state index in [-0.39, 0.29) is 11.4 Å². The second kappa shape index (κ2) is 6.19. The summed E-state index contributed by atoms with van der Waals surface area (Å²) in [5.41, 5.74) is 7.08. The Morgan fingerprint density at radius 3 is 3.15 bits per heavy atom. The zero-order valence-corrected chi connectivity index (χ0v) is 12.0. The number of hydrogen-bond acceptors (Lipinski definition) is 5. The topological polar surface area (TPSA) is 84.0 Å². The monoisotopic (exact) mass is 278 g/mol. The molecule has 2 heterocycles. The average Bonchev–Trinajstić information content (AvgIpc) is 2.47. The third-order valence-corrected chi connectivity index (χ3v) is 3.87. The van der Waals surface area contributed by atoms with Gasteiger partial charge in [-0.3, -0.25) is 9.88 Å². The van der Waals surface area contributed by atoms with Gasteiger partial charge in [-0.25, -0.2) is 0 Å². The molecular formula is C14H22N4O2. The second-order valence-corrected chi connectivity index (χ2v) is 5.46. The first kappa shape index (κ1) is 14.7. The Hall–Kier alpha value is -1.66. The summed E-state index contributed by atoms with van der Waals surface area (Å²) in [4.78, 5) is 6.52. The van der Waals surface area contributed by atoms with E-state index in [1.807, 2.05) is 12.1 Å². The van der Waals surface area contributed by atoms with Crippen molar-refractivity contribution in [1.82, 2.24) is 9.88 Å². The van der Waals surface area contributed by atoms with Crippen molar-refractivity contribution in [2.24, 2.45) is 10.9 Å². The van der Waals surface area contributed by atoms with Gasteiger partial charge in [-0.15, -0.1) is 0 Å². The maximum atomic E-state index is 8.83. The summed E-state index contributed by atoms with van der Waals surface area (Å²) in [6, 6.07) is 3.82. The van der Waals surface area contributed by atoms with Gasteiger partial charge in [0, 0.05) is 26.4 Å². The fourth-order valence-corrected chi connectivity index (χ4v) is 2.69. The molecule has 1 aromatic rings.